The van der Waals surface area contributed by atoms with Crippen LogP contribution in [0.5, 0.6) is 11.5 Å². The van der Waals surface area contributed by atoms with E-state index >= 15 is 0 Å². The quantitative estimate of drug-likeness (QED) is 0.850. The summed E-state index contributed by atoms with van der Waals surface area (Å²) in [5.74, 6) is 0.397. The normalized spacial score (nSPS) is 18.3. The third-order valence-corrected chi connectivity index (χ3v) is 4.04. The molecule has 0 radical (unpaired) electrons. The van der Waals surface area contributed by atoms with Gasteiger partial charge in [-0.1, -0.05) is 12.5 Å². The van der Waals surface area contributed by atoms with Gasteiger partial charge in [0.15, 0.2) is 0 Å². The van der Waals surface area contributed by atoms with Crippen LogP contribution in [-0.4, -0.2) is 25.3 Å². The number of aliphatic carboxylic acids is 1. The molecule has 1 fully saturated rings. The van der Waals surface area contributed by atoms with Crippen LogP contribution in [0.25, 0.3) is 0 Å². The number of ether oxygens (including phenoxy) is 2. The van der Waals surface area contributed by atoms with Gasteiger partial charge in [-0.25, -0.2) is 0 Å². The highest BCUT2D eigenvalue weighted by Gasteiger charge is 2.50. The number of methoxy groups -OCH3 is 2. The Morgan fingerprint density at radius 2 is 2.05 bits per heavy atom. The lowest BCUT2D eigenvalue weighted by atomic mass is 9.62. The Labute approximate surface area is 112 Å². The standard InChI is InChI=1S/C14H19NO4/c1-18-9-4-5-10(11(8-9)19-2)12(15)14(13(16)17)6-3-7-14/h4-5,8,12H,3,6-7,15H2,1-2H3,(H,16,17). The summed E-state index contributed by atoms with van der Waals surface area (Å²) in [4.78, 5) is 11.5. The fraction of sp³-hybridized carbons (Fsp3) is 0.500. The van der Waals surface area contributed by atoms with Gasteiger partial charge in [-0.3, -0.25) is 4.79 Å². The predicted molar refractivity (Wildman–Crippen MR) is 70.4 cm³/mol. The molecule has 5 nitrogen and oxygen atoms in total. The van der Waals surface area contributed by atoms with Gasteiger partial charge in [-0.2, -0.15) is 0 Å². The number of nitrogens with two attached hydrogens (primary N) is 1. The molecule has 1 aromatic rings. The van der Waals surface area contributed by atoms with E-state index in [0.29, 0.717) is 29.9 Å². The van der Waals surface area contributed by atoms with Gasteiger partial charge in [0, 0.05) is 17.7 Å². The van der Waals surface area contributed by atoms with Crippen molar-refractivity contribution in [3.8, 4) is 11.5 Å². The average Bonchev–Trinajstić information content (AvgIpc) is 2.35. The molecule has 1 saturated carbocycles. The number of hydrogen-bond acceptors (Lipinski definition) is 4. The Morgan fingerprint density at radius 3 is 2.47 bits per heavy atom. The summed E-state index contributed by atoms with van der Waals surface area (Å²) in [5, 5.41) is 9.43. The van der Waals surface area contributed by atoms with Gasteiger partial charge in [-0.15, -0.1) is 0 Å². The van der Waals surface area contributed by atoms with Gasteiger partial charge in [0.2, 0.25) is 0 Å². The van der Waals surface area contributed by atoms with Crippen molar-refractivity contribution >= 4 is 5.97 Å². The van der Waals surface area contributed by atoms with Crippen molar-refractivity contribution in [2.75, 3.05) is 14.2 Å². The second kappa shape index (κ2) is 5.09. The zero-order chi connectivity index (χ0) is 14.0. The molecule has 0 aliphatic heterocycles. The molecule has 104 valence electrons. The molecule has 1 unspecified atom stereocenters. The lowest BCUT2D eigenvalue weighted by molar-refractivity contribution is -0.156. The van der Waals surface area contributed by atoms with Crippen molar-refractivity contribution in [2.45, 2.75) is 25.3 Å². The van der Waals surface area contributed by atoms with E-state index in [0.717, 1.165) is 6.42 Å². The van der Waals surface area contributed by atoms with Crippen LogP contribution in [0.4, 0.5) is 0 Å². The number of carbonyl (C=O) groups is 1. The van der Waals surface area contributed by atoms with Gasteiger partial charge < -0.3 is 20.3 Å². The van der Waals surface area contributed by atoms with Gasteiger partial charge in [0.05, 0.1) is 19.6 Å². The maximum absolute atomic E-state index is 11.5. The molecule has 3 N–H and O–H groups in total. The van der Waals surface area contributed by atoms with E-state index in [2.05, 4.69) is 0 Å². The average molecular weight is 265 g/mol. The molecule has 0 bridgehead atoms. The molecule has 2 rings (SSSR count). The summed E-state index contributed by atoms with van der Waals surface area (Å²) < 4.78 is 10.4. The van der Waals surface area contributed by atoms with Crippen LogP contribution in [-0.2, 0) is 4.79 Å². The summed E-state index contributed by atoms with van der Waals surface area (Å²) in [6, 6.07) is 4.71. The molecular formula is C14H19NO4. The molecule has 0 heterocycles. The highest BCUT2D eigenvalue weighted by atomic mass is 16.5. The molecule has 19 heavy (non-hydrogen) atoms. The third-order valence-electron chi connectivity index (χ3n) is 4.04. The molecule has 0 amide bonds. The smallest absolute Gasteiger partial charge is 0.311 e. The Balaban J connectivity index is 2.38. The topological polar surface area (TPSA) is 81.8 Å². The minimum atomic E-state index is -0.859. The summed E-state index contributed by atoms with van der Waals surface area (Å²) in [5.41, 5.74) is 6.06. The number of carboxylic acids is 1. The maximum Gasteiger partial charge on any atom is 0.311 e. The SMILES string of the molecule is COc1ccc(C(N)C2(C(=O)O)CCC2)c(OC)c1. The van der Waals surface area contributed by atoms with Crippen molar-refractivity contribution in [1.82, 2.24) is 0 Å². The highest BCUT2D eigenvalue weighted by molar-refractivity contribution is 5.77. The van der Waals surface area contributed by atoms with Crippen molar-refractivity contribution in [3.05, 3.63) is 23.8 Å². The summed E-state index contributed by atoms with van der Waals surface area (Å²) >= 11 is 0. The van der Waals surface area contributed by atoms with Gasteiger partial charge >= 0.3 is 5.97 Å². The second-order valence-corrected chi connectivity index (χ2v) is 4.90. The zero-order valence-corrected chi connectivity index (χ0v) is 11.2. The zero-order valence-electron chi connectivity index (χ0n) is 11.2. The van der Waals surface area contributed by atoms with Crippen LogP contribution < -0.4 is 15.2 Å². The van der Waals surface area contributed by atoms with Gasteiger partial charge in [0.25, 0.3) is 0 Å². The van der Waals surface area contributed by atoms with E-state index < -0.39 is 17.4 Å². The minimum absolute atomic E-state index is 0.569. The predicted octanol–water partition coefficient (Wildman–Crippen LogP) is 1.96. The molecule has 0 spiro atoms. The summed E-state index contributed by atoms with van der Waals surface area (Å²) in [6.07, 6.45) is 2.12. The van der Waals surface area contributed by atoms with Crippen LogP contribution in [0, 0.1) is 5.41 Å². The Morgan fingerprint density at radius 1 is 1.37 bits per heavy atom. The summed E-state index contributed by atoms with van der Waals surface area (Å²) in [7, 11) is 3.11. The fourth-order valence-corrected chi connectivity index (χ4v) is 2.59. The fourth-order valence-electron chi connectivity index (χ4n) is 2.59. The molecule has 0 aromatic heterocycles. The van der Waals surface area contributed by atoms with Crippen molar-refractivity contribution in [2.24, 2.45) is 11.1 Å². The summed E-state index contributed by atoms with van der Waals surface area (Å²) in [6.45, 7) is 0. The number of carboxylic acid groups (broad SMARTS) is 1. The van der Waals surface area contributed by atoms with Crippen LogP contribution in [0.15, 0.2) is 18.2 Å². The lowest BCUT2D eigenvalue weighted by Gasteiger charge is -2.42. The third kappa shape index (κ3) is 2.14. The Bertz CT molecular complexity index is 482. The number of benzene rings is 1. The molecule has 1 aliphatic carbocycles. The van der Waals surface area contributed by atoms with Crippen LogP contribution in [0.3, 0.4) is 0 Å². The minimum Gasteiger partial charge on any atom is -0.497 e. The Kier molecular flexibility index (Phi) is 3.66. The largest absolute Gasteiger partial charge is 0.497 e. The molecule has 0 saturated heterocycles. The van der Waals surface area contributed by atoms with Crippen molar-refractivity contribution in [1.29, 1.82) is 0 Å². The first-order chi connectivity index (χ1) is 9.05. The van der Waals surface area contributed by atoms with Crippen LogP contribution >= 0.6 is 0 Å². The van der Waals surface area contributed by atoms with E-state index in [4.69, 9.17) is 15.2 Å². The number of hydrogen-bond donors (Lipinski definition) is 2. The molecule has 1 aromatic carbocycles. The first-order valence-corrected chi connectivity index (χ1v) is 6.26. The highest BCUT2D eigenvalue weighted by Crippen LogP contribution is 2.51. The second-order valence-electron chi connectivity index (χ2n) is 4.90. The molecule has 1 atom stereocenters. The van der Waals surface area contributed by atoms with Crippen LogP contribution in [0.1, 0.15) is 30.9 Å². The maximum atomic E-state index is 11.5. The molecule has 5 heteroatoms. The van der Waals surface area contributed by atoms with Crippen LogP contribution in [0.2, 0.25) is 0 Å². The number of rotatable bonds is 5. The first-order valence-electron chi connectivity index (χ1n) is 6.26. The van der Waals surface area contributed by atoms with Crippen molar-refractivity contribution < 1.29 is 19.4 Å². The van der Waals surface area contributed by atoms with E-state index in [1.165, 1.54) is 0 Å². The Hall–Kier alpha value is -1.75. The molecule has 1 aliphatic rings. The van der Waals surface area contributed by atoms with Gasteiger partial charge in [0.1, 0.15) is 11.5 Å². The monoisotopic (exact) mass is 265 g/mol. The van der Waals surface area contributed by atoms with E-state index in [1.807, 2.05) is 0 Å². The molecular weight excluding hydrogens is 246 g/mol. The van der Waals surface area contributed by atoms with E-state index in [9.17, 15) is 9.90 Å². The van der Waals surface area contributed by atoms with E-state index in [1.54, 1.807) is 32.4 Å². The van der Waals surface area contributed by atoms with Gasteiger partial charge in [-0.05, 0) is 18.9 Å². The first kappa shape index (κ1) is 13.7. The lowest BCUT2D eigenvalue weighted by Crippen LogP contribution is -2.46. The van der Waals surface area contributed by atoms with E-state index in [-0.39, 0.29) is 0 Å². The van der Waals surface area contributed by atoms with Crippen molar-refractivity contribution in [3.63, 3.8) is 0 Å².